The Labute approximate surface area is 172 Å². The highest BCUT2D eigenvalue weighted by atomic mass is 32.1. The number of hydrogen-bond donors (Lipinski definition) is 0. The van der Waals surface area contributed by atoms with Crippen molar-refractivity contribution in [3.63, 3.8) is 0 Å². The minimum absolute atomic E-state index is 0.0603. The number of benzene rings is 1. The van der Waals surface area contributed by atoms with Crippen LogP contribution in [-0.4, -0.2) is 36.8 Å². The number of hydrogen-bond acceptors (Lipinski definition) is 6. The molecule has 1 atom stereocenters. The number of nitrogens with zero attached hydrogens (tertiary/aromatic N) is 2. The van der Waals surface area contributed by atoms with Crippen molar-refractivity contribution in [1.82, 2.24) is 4.98 Å². The van der Waals surface area contributed by atoms with E-state index in [0.29, 0.717) is 18.3 Å². The average Bonchev–Trinajstić information content (AvgIpc) is 3.45. The van der Waals surface area contributed by atoms with Crippen LogP contribution < -0.4 is 9.64 Å². The summed E-state index contributed by atoms with van der Waals surface area (Å²) >= 11 is 3.11. The summed E-state index contributed by atoms with van der Waals surface area (Å²) in [6.45, 7) is 3.86. The number of anilines is 1. The van der Waals surface area contributed by atoms with E-state index in [1.54, 1.807) is 22.3 Å². The van der Waals surface area contributed by atoms with Crippen molar-refractivity contribution in [2.24, 2.45) is 0 Å². The first-order chi connectivity index (χ1) is 13.7. The SMILES string of the molecule is CCOc1ccc2nc(N(CC3CCCO3)C(=O)/C=C/c3cccs3)sc2c1. The number of fused-ring (bicyclic) bond motifs is 1. The number of carbonyl (C=O) groups excluding carboxylic acids is 1. The molecule has 0 aliphatic carbocycles. The van der Waals surface area contributed by atoms with Crippen LogP contribution in [0.4, 0.5) is 5.13 Å². The standard InChI is InChI=1S/C21H22N2O3S2/c1-2-25-15-7-9-18-19(13-15)28-21(22-18)23(14-16-5-3-11-26-16)20(24)10-8-17-6-4-12-27-17/h4,6-10,12-13,16H,2-3,5,11,14H2,1H3/b10-8+. The summed E-state index contributed by atoms with van der Waals surface area (Å²) in [5, 5.41) is 2.69. The van der Waals surface area contributed by atoms with Gasteiger partial charge < -0.3 is 9.47 Å². The summed E-state index contributed by atoms with van der Waals surface area (Å²) < 4.78 is 12.4. The predicted octanol–water partition coefficient (Wildman–Crippen LogP) is 4.98. The molecule has 0 spiro atoms. The monoisotopic (exact) mass is 414 g/mol. The van der Waals surface area contributed by atoms with E-state index in [0.717, 1.165) is 40.3 Å². The zero-order valence-corrected chi connectivity index (χ0v) is 17.3. The molecule has 0 N–H and O–H groups in total. The lowest BCUT2D eigenvalue weighted by molar-refractivity contribution is -0.114. The van der Waals surface area contributed by atoms with Crippen molar-refractivity contribution in [3.8, 4) is 5.75 Å². The molecular formula is C21H22N2O3S2. The van der Waals surface area contributed by atoms with E-state index in [4.69, 9.17) is 14.5 Å². The fourth-order valence-corrected chi connectivity index (χ4v) is 4.78. The van der Waals surface area contributed by atoms with Gasteiger partial charge in [0.15, 0.2) is 5.13 Å². The molecule has 0 radical (unpaired) electrons. The number of aromatic nitrogens is 1. The van der Waals surface area contributed by atoms with E-state index in [1.807, 2.05) is 48.7 Å². The summed E-state index contributed by atoms with van der Waals surface area (Å²) in [5.41, 5.74) is 0.871. The number of rotatable bonds is 7. The van der Waals surface area contributed by atoms with Crippen LogP contribution in [-0.2, 0) is 9.53 Å². The van der Waals surface area contributed by atoms with E-state index >= 15 is 0 Å². The molecule has 0 saturated carbocycles. The van der Waals surface area contributed by atoms with Gasteiger partial charge in [-0.15, -0.1) is 11.3 Å². The van der Waals surface area contributed by atoms with E-state index in [-0.39, 0.29) is 12.0 Å². The van der Waals surface area contributed by atoms with Gasteiger partial charge in [0, 0.05) is 17.6 Å². The second-order valence-electron chi connectivity index (χ2n) is 6.49. The number of thiophene rings is 1. The first kappa shape index (κ1) is 19.1. The van der Waals surface area contributed by atoms with Crippen molar-refractivity contribution < 1.29 is 14.3 Å². The lowest BCUT2D eigenvalue weighted by Crippen LogP contribution is -2.36. The van der Waals surface area contributed by atoms with Crippen LogP contribution in [0.2, 0.25) is 0 Å². The molecule has 1 saturated heterocycles. The second-order valence-corrected chi connectivity index (χ2v) is 8.48. The van der Waals surface area contributed by atoms with Crippen molar-refractivity contribution in [2.45, 2.75) is 25.9 Å². The maximum absolute atomic E-state index is 13.0. The predicted molar refractivity (Wildman–Crippen MR) is 115 cm³/mol. The van der Waals surface area contributed by atoms with Crippen molar-refractivity contribution in [1.29, 1.82) is 0 Å². The summed E-state index contributed by atoms with van der Waals surface area (Å²) in [6.07, 6.45) is 5.55. The van der Waals surface area contributed by atoms with Gasteiger partial charge in [-0.2, -0.15) is 0 Å². The summed E-state index contributed by atoms with van der Waals surface area (Å²) in [4.78, 5) is 20.5. The minimum Gasteiger partial charge on any atom is -0.494 e. The maximum Gasteiger partial charge on any atom is 0.252 e. The number of ether oxygens (including phenoxy) is 2. The summed E-state index contributed by atoms with van der Waals surface area (Å²) in [5.74, 6) is 0.743. The molecule has 2 aromatic heterocycles. The highest BCUT2D eigenvalue weighted by Gasteiger charge is 2.25. The van der Waals surface area contributed by atoms with Gasteiger partial charge in [0.25, 0.3) is 5.91 Å². The molecule has 5 nitrogen and oxygen atoms in total. The molecule has 28 heavy (non-hydrogen) atoms. The summed E-state index contributed by atoms with van der Waals surface area (Å²) in [6, 6.07) is 9.80. The highest BCUT2D eigenvalue weighted by molar-refractivity contribution is 7.22. The molecule has 3 aromatic rings. The van der Waals surface area contributed by atoms with Gasteiger partial charge in [0.2, 0.25) is 0 Å². The fraction of sp³-hybridized carbons (Fsp3) is 0.333. The van der Waals surface area contributed by atoms with Crippen LogP contribution in [0.5, 0.6) is 5.75 Å². The lowest BCUT2D eigenvalue weighted by Gasteiger charge is -2.21. The first-order valence-corrected chi connectivity index (χ1v) is 11.1. The first-order valence-electron chi connectivity index (χ1n) is 9.41. The van der Waals surface area contributed by atoms with Crippen molar-refractivity contribution in [3.05, 3.63) is 46.7 Å². The quantitative estimate of drug-likeness (QED) is 0.512. The fourth-order valence-electron chi connectivity index (χ4n) is 3.15. The van der Waals surface area contributed by atoms with Gasteiger partial charge in [-0.05, 0) is 55.5 Å². The van der Waals surface area contributed by atoms with E-state index in [2.05, 4.69) is 0 Å². The maximum atomic E-state index is 13.0. The molecule has 7 heteroatoms. The third-order valence-corrected chi connectivity index (χ3v) is 6.38. The molecule has 1 aromatic carbocycles. The summed E-state index contributed by atoms with van der Waals surface area (Å²) in [7, 11) is 0. The Hall–Kier alpha value is -2.22. The van der Waals surface area contributed by atoms with Gasteiger partial charge >= 0.3 is 0 Å². The van der Waals surface area contributed by atoms with Crippen molar-refractivity contribution >= 4 is 50.0 Å². The number of thiazole rings is 1. The zero-order valence-electron chi connectivity index (χ0n) is 15.7. The second kappa shape index (κ2) is 8.86. The third kappa shape index (κ3) is 4.43. The normalized spacial score (nSPS) is 16.8. The Morgan fingerprint density at radius 2 is 2.36 bits per heavy atom. The van der Waals surface area contributed by atoms with Gasteiger partial charge in [0.05, 0.1) is 29.5 Å². The molecule has 1 amide bonds. The molecule has 1 unspecified atom stereocenters. The highest BCUT2D eigenvalue weighted by Crippen LogP contribution is 2.32. The van der Waals surface area contributed by atoms with Gasteiger partial charge in [-0.3, -0.25) is 9.69 Å². The Kier molecular flexibility index (Phi) is 6.04. The van der Waals surface area contributed by atoms with E-state index in [9.17, 15) is 4.79 Å². The molecule has 4 rings (SSSR count). The smallest absolute Gasteiger partial charge is 0.252 e. The average molecular weight is 415 g/mol. The van der Waals surface area contributed by atoms with Crippen LogP contribution in [0.1, 0.15) is 24.6 Å². The Morgan fingerprint density at radius 3 is 3.11 bits per heavy atom. The van der Waals surface area contributed by atoms with Crippen LogP contribution in [0, 0.1) is 0 Å². The largest absolute Gasteiger partial charge is 0.494 e. The van der Waals surface area contributed by atoms with Crippen LogP contribution in [0.3, 0.4) is 0 Å². The van der Waals surface area contributed by atoms with E-state index in [1.165, 1.54) is 11.3 Å². The molecular weight excluding hydrogens is 392 g/mol. The molecule has 1 fully saturated rings. The zero-order chi connectivity index (χ0) is 19.3. The minimum atomic E-state index is -0.0759. The molecule has 146 valence electrons. The lowest BCUT2D eigenvalue weighted by atomic mass is 10.2. The van der Waals surface area contributed by atoms with Crippen molar-refractivity contribution in [2.75, 3.05) is 24.7 Å². The van der Waals surface area contributed by atoms with Crippen LogP contribution in [0.15, 0.2) is 41.8 Å². The van der Waals surface area contributed by atoms with Gasteiger partial charge in [0.1, 0.15) is 5.75 Å². The Bertz CT molecular complexity index is 959. The molecule has 1 aliphatic rings. The topological polar surface area (TPSA) is 51.7 Å². The van der Waals surface area contributed by atoms with Gasteiger partial charge in [-0.25, -0.2) is 4.98 Å². The number of carbonyl (C=O) groups is 1. The van der Waals surface area contributed by atoms with Crippen LogP contribution >= 0.6 is 22.7 Å². The van der Waals surface area contributed by atoms with E-state index < -0.39 is 0 Å². The molecule has 1 aliphatic heterocycles. The Morgan fingerprint density at radius 1 is 1.43 bits per heavy atom. The third-order valence-electron chi connectivity index (χ3n) is 4.50. The number of amides is 1. The van der Waals surface area contributed by atoms with Crippen LogP contribution in [0.25, 0.3) is 16.3 Å². The molecule has 3 heterocycles. The van der Waals surface area contributed by atoms with Gasteiger partial charge in [-0.1, -0.05) is 17.4 Å². The Balaban J connectivity index is 1.61. The molecule has 0 bridgehead atoms.